The molecule has 22 heavy (non-hydrogen) atoms. The molecule has 126 valence electrons. The predicted octanol–water partition coefficient (Wildman–Crippen LogP) is 3.73. The van der Waals surface area contributed by atoms with E-state index in [2.05, 4.69) is 15.5 Å². The van der Waals surface area contributed by atoms with E-state index in [1.54, 1.807) is 6.92 Å². The highest BCUT2D eigenvalue weighted by molar-refractivity contribution is 5.96. The molecule has 1 aromatic heterocycles. The van der Waals surface area contributed by atoms with Crippen LogP contribution in [-0.2, 0) is 4.79 Å². The summed E-state index contributed by atoms with van der Waals surface area (Å²) in [5.74, 6) is 0.973. The normalized spacial score (nSPS) is 18.9. The minimum Gasteiger partial charge on any atom is -0.318 e. The van der Waals surface area contributed by atoms with Gasteiger partial charge in [0.25, 0.3) is 0 Å². The number of carbonyl (C=O) groups excluding carboxylic acids is 1. The van der Waals surface area contributed by atoms with Crippen LogP contribution < -0.4 is 11.1 Å². The third kappa shape index (κ3) is 4.99. The van der Waals surface area contributed by atoms with Gasteiger partial charge in [-0.1, -0.05) is 39.0 Å². The summed E-state index contributed by atoms with van der Waals surface area (Å²) >= 11 is 0. The maximum atomic E-state index is 12.2. The van der Waals surface area contributed by atoms with Gasteiger partial charge in [0.2, 0.25) is 5.91 Å². The molecule has 0 bridgehead atoms. The average molecular weight is 329 g/mol. The van der Waals surface area contributed by atoms with Gasteiger partial charge in [0.15, 0.2) is 5.82 Å². The van der Waals surface area contributed by atoms with Crippen molar-refractivity contribution in [1.82, 2.24) is 10.2 Å². The lowest BCUT2D eigenvalue weighted by molar-refractivity contribution is -0.120. The van der Waals surface area contributed by atoms with Gasteiger partial charge in [-0.15, -0.1) is 12.4 Å². The van der Waals surface area contributed by atoms with Crippen LogP contribution >= 0.6 is 12.4 Å². The third-order valence-corrected chi connectivity index (χ3v) is 4.42. The van der Waals surface area contributed by atoms with E-state index in [-0.39, 0.29) is 18.3 Å². The van der Waals surface area contributed by atoms with Crippen LogP contribution in [0.25, 0.3) is 0 Å². The second kappa shape index (κ2) is 8.53. The number of anilines is 1. The quantitative estimate of drug-likeness (QED) is 0.720. The number of nitrogens with zero attached hydrogens (tertiary/aromatic N) is 1. The van der Waals surface area contributed by atoms with Gasteiger partial charge < -0.3 is 11.1 Å². The van der Waals surface area contributed by atoms with Crippen molar-refractivity contribution in [3.8, 4) is 0 Å². The first-order valence-electron chi connectivity index (χ1n) is 8.18. The van der Waals surface area contributed by atoms with Crippen LogP contribution in [0.4, 0.5) is 5.82 Å². The van der Waals surface area contributed by atoms with Crippen LogP contribution in [0.5, 0.6) is 0 Å². The van der Waals surface area contributed by atoms with Crippen molar-refractivity contribution in [1.29, 1.82) is 0 Å². The second-order valence-electron chi connectivity index (χ2n) is 6.52. The molecule has 1 atom stereocenters. The van der Waals surface area contributed by atoms with Gasteiger partial charge in [-0.3, -0.25) is 9.89 Å². The zero-order valence-electron chi connectivity index (χ0n) is 13.7. The molecular formula is C16H29ClN4O. The number of H-pyrrole nitrogens is 1. The van der Waals surface area contributed by atoms with Crippen molar-refractivity contribution in [2.45, 2.75) is 76.7 Å². The number of aromatic amines is 1. The molecule has 0 spiro atoms. The largest absolute Gasteiger partial charge is 0.318 e. The van der Waals surface area contributed by atoms with E-state index >= 15 is 0 Å². The molecule has 0 saturated heterocycles. The number of hydrogen-bond donors (Lipinski definition) is 3. The fourth-order valence-corrected chi connectivity index (χ4v) is 3.09. The first kappa shape index (κ1) is 19.0. The summed E-state index contributed by atoms with van der Waals surface area (Å²) in [5.41, 5.74) is 6.34. The zero-order chi connectivity index (χ0) is 15.3. The number of amides is 1. The Balaban J connectivity index is 0.00000242. The molecule has 1 heterocycles. The summed E-state index contributed by atoms with van der Waals surface area (Å²) in [6.07, 6.45) is 9.19. The Morgan fingerprint density at radius 2 is 2.05 bits per heavy atom. The maximum Gasteiger partial charge on any atom is 0.245 e. The zero-order valence-corrected chi connectivity index (χ0v) is 14.5. The molecule has 4 N–H and O–H groups in total. The Morgan fingerprint density at radius 1 is 1.41 bits per heavy atom. The van der Waals surface area contributed by atoms with Gasteiger partial charge in [0.1, 0.15) is 0 Å². The van der Waals surface area contributed by atoms with Crippen molar-refractivity contribution < 1.29 is 4.79 Å². The first-order chi connectivity index (χ1) is 10.0. The molecule has 0 aliphatic heterocycles. The SMILES string of the molecule is CCCC(C)(N)C(=O)Nc1cc(C2CCCCCC2)[nH]n1.Cl. The third-order valence-electron chi connectivity index (χ3n) is 4.42. The van der Waals surface area contributed by atoms with Crippen molar-refractivity contribution in [2.75, 3.05) is 5.32 Å². The van der Waals surface area contributed by atoms with Crippen LogP contribution in [0, 0.1) is 0 Å². The number of rotatable bonds is 5. The molecule has 5 nitrogen and oxygen atoms in total. The Hall–Kier alpha value is -1.07. The second-order valence-corrected chi connectivity index (χ2v) is 6.52. The molecule has 1 fully saturated rings. The highest BCUT2D eigenvalue weighted by atomic mass is 35.5. The molecule has 2 rings (SSSR count). The molecule has 1 unspecified atom stereocenters. The topological polar surface area (TPSA) is 83.8 Å². The maximum absolute atomic E-state index is 12.2. The van der Waals surface area contributed by atoms with E-state index in [9.17, 15) is 4.79 Å². The Morgan fingerprint density at radius 3 is 2.64 bits per heavy atom. The van der Waals surface area contributed by atoms with E-state index in [0.717, 1.165) is 12.1 Å². The Labute approximate surface area is 139 Å². The van der Waals surface area contributed by atoms with E-state index in [1.165, 1.54) is 38.5 Å². The fourth-order valence-electron chi connectivity index (χ4n) is 3.09. The summed E-state index contributed by atoms with van der Waals surface area (Å²) in [6, 6.07) is 1.97. The number of nitrogens with one attached hydrogen (secondary N) is 2. The van der Waals surface area contributed by atoms with Crippen LogP contribution in [-0.4, -0.2) is 21.6 Å². The molecule has 1 aliphatic rings. The smallest absolute Gasteiger partial charge is 0.245 e. The van der Waals surface area contributed by atoms with Gasteiger partial charge in [-0.25, -0.2) is 0 Å². The van der Waals surface area contributed by atoms with E-state index in [4.69, 9.17) is 5.73 Å². The van der Waals surface area contributed by atoms with E-state index < -0.39 is 5.54 Å². The van der Waals surface area contributed by atoms with Crippen LogP contribution in [0.3, 0.4) is 0 Å². The van der Waals surface area contributed by atoms with Gasteiger partial charge in [0, 0.05) is 17.7 Å². The number of nitrogens with two attached hydrogens (primary N) is 1. The summed E-state index contributed by atoms with van der Waals surface area (Å²) in [4.78, 5) is 12.2. The van der Waals surface area contributed by atoms with E-state index in [0.29, 0.717) is 18.2 Å². The Kier molecular flexibility index (Phi) is 7.36. The lowest BCUT2D eigenvalue weighted by Crippen LogP contribution is -2.48. The number of halogens is 1. The highest BCUT2D eigenvalue weighted by Gasteiger charge is 2.28. The standard InChI is InChI=1S/C16H28N4O.ClH/c1-3-10-16(2,17)15(21)18-14-11-13(19-20-14)12-8-6-4-5-7-9-12;/h11-12H,3-10,17H2,1-2H3,(H2,18,19,20,21);1H. The van der Waals surface area contributed by atoms with Crippen molar-refractivity contribution in [3.63, 3.8) is 0 Å². The average Bonchev–Trinajstić information content (AvgIpc) is 2.73. The number of aromatic nitrogens is 2. The molecule has 1 aliphatic carbocycles. The van der Waals surface area contributed by atoms with Crippen molar-refractivity contribution in [3.05, 3.63) is 11.8 Å². The molecule has 0 radical (unpaired) electrons. The monoisotopic (exact) mass is 328 g/mol. The number of hydrogen-bond acceptors (Lipinski definition) is 3. The molecule has 1 saturated carbocycles. The molecule has 0 aromatic carbocycles. The van der Waals surface area contributed by atoms with Crippen LogP contribution in [0.1, 0.15) is 76.8 Å². The lowest BCUT2D eigenvalue weighted by Gasteiger charge is -2.21. The number of carbonyl (C=O) groups is 1. The van der Waals surface area contributed by atoms with E-state index in [1.807, 2.05) is 13.0 Å². The minimum absolute atomic E-state index is 0. The van der Waals surface area contributed by atoms with Gasteiger partial charge in [-0.05, 0) is 26.2 Å². The summed E-state index contributed by atoms with van der Waals surface area (Å²) in [6.45, 7) is 3.79. The summed E-state index contributed by atoms with van der Waals surface area (Å²) in [7, 11) is 0. The highest BCUT2D eigenvalue weighted by Crippen LogP contribution is 2.31. The van der Waals surface area contributed by atoms with Gasteiger partial charge >= 0.3 is 0 Å². The summed E-state index contributed by atoms with van der Waals surface area (Å²) in [5, 5.41) is 10.1. The van der Waals surface area contributed by atoms with Crippen LogP contribution in [0.15, 0.2) is 6.07 Å². The first-order valence-corrected chi connectivity index (χ1v) is 8.18. The van der Waals surface area contributed by atoms with Gasteiger partial charge in [-0.2, -0.15) is 5.10 Å². The molecular weight excluding hydrogens is 300 g/mol. The molecule has 6 heteroatoms. The van der Waals surface area contributed by atoms with Crippen molar-refractivity contribution in [2.24, 2.45) is 5.73 Å². The van der Waals surface area contributed by atoms with Crippen LogP contribution in [0.2, 0.25) is 0 Å². The Bertz CT molecular complexity index is 464. The van der Waals surface area contributed by atoms with Crippen molar-refractivity contribution >= 4 is 24.1 Å². The molecule has 1 aromatic rings. The minimum atomic E-state index is -0.837. The summed E-state index contributed by atoms with van der Waals surface area (Å²) < 4.78 is 0. The molecule has 1 amide bonds. The van der Waals surface area contributed by atoms with Gasteiger partial charge in [0.05, 0.1) is 5.54 Å². The predicted molar refractivity (Wildman–Crippen MR) is 92.4 cm³/mol. The fraction of sp³-hybridized carbons (Fsp3) is 0.750. The lowest BCUT2D eigenvalue weighted by atomic mass is 9.96.